The molecule has 0 amide bonds. The number of anilines is 1. The van der Waals surface area contributed by atoms with Crippen molar-refractivity contribution in [3.63, 3.8) is 0 Å². The molecule has 2 N–H and O–H groups in total. The molecule has 0 aliphatic carbocycles. The van der Waals surface area contributed by atoms with Gasteiger partial charge in [0.05, 0.1) is 15.3 Å². The summed E-state index contributed by atoms with van der Waals surface area (Å²) >= 11 is 5.82. The minimum atomic E-state index is -3.85. The first kappa shape index (κ1) is 18.9. The zero-order valence-electron chi connectivity index (χ0n) is 14.7. The number of nitrogens with zero attached hydrogens (tertiary/aromatic N) is 2. The van der Waals surface area contributed by atoms with Crippen LogP contribution in [0.1, 0.15) is 0 Å². The lowest BCUT2D eigenvalue weighted by atomic mass is 10.2. The van der Waals surface area contributed by atoms with Gasteiger partial charge in [0.25, 0.3) is 15.7 Å². The van der Waals surface area contributed by atoms with Gasteiger partial charge in [0.15, 0.2) is 5.52 Å². The molecule has 0 atom stereocenters. The molecular formula is C19H13ClN4O4S. The quantitative estimate of drug-likeness (QED) is 0.356. The summed E-state index contributed by atoms with van der Waals surface area (Å²) in [4.78, 5) is 18.0. The van der Waals surface area contributed by atoms with Crippen LogP contribution < -0.4 is 4.72 Å². The molecule has 0 bridgehead atoms. The standard InChI is InChI=1S/C19H13ClN4O4S/c20-13-7-9-14(10-8-13)23-29(27,28)15-4-1-3-12(11-15)19-21-16-5-2-6-17(24(25)26)18(16)22-19/h1-11,23H,(H,21,22). The Morgan fingerprint density at radius 1 is 1.03 bits per heavy atom. The van der Waals surface area contributed by atoms with E-state index in [-0.39, 0.29) is 16.1 Å². The lowest BCUT2D eigenvalue weighted by Gasteiger charge is -2.09. The van der Waals surface area contributed by atoms with Crippen LogP contribution in [0.3, 0.4) is 0 Å². The molecule has 0 saturated heterocycles. The number of imidazole rings is 1. The zero-order chi connectivity index (χ0) is 20.6. The number of benzene rings is 3. The van der Waals surface area contributed by atoms with Gasteiger partial charge < -0.3 is 4.98 Å². The number of nitrogens with one attached hydrogen (secondary N) is 2. The van der Waals surface area contributed by atoms with Gasteiger partial charge in [0.1, 0.15) is 5.82 Å². The molecule has 146 valence electrons. The maximum absolute atomic E-state index is 12.7. The van der Waals surface area contributed by atoms with Crippen molar-refractivity contribution in [3.8, 4) is 11.4 Å². The SMILES string of the molecule is O=[N+]([O-])c1cccc2[nH]c(-c3cccc(S(=O)(=O)Nc4ccc(Cl)cc4)c3)nc12. The van der Waals surface area contributed by atoms with Crippen LogP contribution in [0.4, 0.5) is 11.4 Å². The molecule has 0 aliphatic rings. The average molecular weight is 429 g/mol. The van der Waals surface area contributed by atoms with Gasteiger partial charge in [-0.3, -0.25) is 14.8 Å². The van der Waals surface area contributed by atoms with Crippen LogP contribution in [0.5, 0.6) is 0 Å². The Kier molecular flexibility index (Phi) is 4.69. The Morgan fingerprint density at radius 3 is 2.48 bits per heavy atom. The number of rotatable bonds is 5. The molecule has 10 heteroatoms. The van der Waals surface area contributed by atoms with Crippen LogP contribution in [-0.2, 0) is 10.0 Å². The number of aromatic nitrogens is 2. The molecule has 1 aromatic heterocycles. The molecular weight excluding hydrogens is 416 g/mol. The van der Waals surface area contributed by atoms with Gasteiger partial charge in [-0.2, -0.15) is 0 Å². The molecule has 0 fully saturated rings. The van der Waals surface area contributed by atoms with Gasteiger partial charge in [-0.25, -0.2) is 13.4 Å². The van der Waals surface area contributed by atoms with E-state index in [4.69, 9.17) is 11.6 Å². The Bertz CT molecular complexity index is 1330. The Hall–Kier alpha value is -3.43. The molecule has 3 aromatic carbocycles. The molecule has 0 unspecified atom stereocenters. The van der Waals surface area contributed by atoms with Crippen molar-refractivity contribution in [2.24, 2.45) is 0 Å². The van der Waals surface area contributed by atoms with Crippen LogP contribution in [0.2, 0.25) is 5.02 Å². The first-order valence-corrected chi connectivity index (χ1v) is 10.2. The van der Waals surface area contributed by atoms with E-state index >= 15 is 0 Å². The van der Waals surface area contributed by atoms with Crippen LogP contribution in [0.25, 0.3) is 22.4 Å². The van der Waals surface area contributed by atoms with E-state index in [2.05, 4.69) is 14.7 Å². The number of nitro groups is 1. The maximum Gasteiger partial charge on any atom is 0.297 e. The van der Waals surface area contributed by atoms with Gasteiger partial charge in [-0.05, 0) is 42.5 Å². The van der Waals surface area contributed by atoms with E-state index in [1.165, 1.54) is 18.2 Å². The van der Waals surface area contributed by atoms with E-state index in [0.29, 0.717) is 27.6 Å². The van der Waals surface area contributed by atoms with Gasteiger partial charge in [0.2, 0.25) is 0 Å². The smallest absolute Gasteiger partial charge is 0.297 e. The Morgan fingerprint density at radius 2 is 1.76 bits per heavy atom. The monoisotopic (exact) mass is 428 g/mol. The molecule has 4 rings (SSSR count). The number of aromatic amines is 1. The largest absolute Gasteiger partial charge is 0.338 e. The number of non-ortho nitro benzene ring substituents is 1. The number of para-hydroxylation sites is 1. The van der Waals surface area contributed by atoms with E-state index in [1.54, 1.807) is 48.5 Å². The molecule has 0 aliphatic heterocycles. The van der Waals surface area contributed by atoms with Crippen molar-refractivity contribution in [2.45, 2.75) is 4.90 Å². The minimum absolute atomic E-state index is 0.0277. The first-order valence-electron chi connectivity index (χ1n) is 8.35. The van der Waals surface area contributed by atoms with Crippen LogP contribution >= 0.6 is 11.6 Å². The summed E-state index contributed by atoms with van der Waals surface area (Å²) in [5.74, 6) is 0.331. The van der Waals surface area contributed by atoms with E-state index in [9.17, 15) is 18.5 Å². The summed E-state index contributed by atoms with van der Waals surface area (Å²) in [5.41, 5.74) is 1.42. The molecule has 29 heavy (non-hydrogen) atoms. The summed E-state index contributed by atoms with van der Waals surface area (Å²) in [6.45, 7) is 0. The summed E-state index contributed by atoms with van der Waals surface area (Å²) in [7, 11) is -3.85. The highest BCUT2D eigenvalue weighted by Gasteiger charge is 2.19. The number of H-pyrrole nitrogens is 1. The molecule has 8 nitrogen and oxygen atoms in total. The van der Waals surface area contributed by atoms with Crippen molar-refractivity contribution in [1.29, 1.82) is 0 Å². The fourth-order valence-corrected chi connectivity index (χ4v) is 4.07. The van der Waals surface area contributed by atoms with Crippen molar-refractivity contribution in [2.75, 3.05) is 4.72 Å². The predicted molar refractivity (Wildman–Crippen MR) is 110 cm³/mol. The molecule has 1 heterocycles. The van der Waals surface area contributed by atoms with E-state index < -0.39 is 14.9 Å². The molecule has 4 aromatic rings. The average Bonchev–Trinajstić information content (AvgIpc) is 3.14. The van der Waals surface area contributed by atoms with Crippen LogP contribution in [-0.4, -0.2) is 23.3 Å². The third-order valence-corrected chi connectivity index (χ3v) is 5.83. The van der Waals surface area contributed by atoms with Crippen LogP contribution in [0.15, 0.2) is 71.6 Å². The van der Waals surface area contributed by atoms with Crippen molar-refractivity contribution in [1.82, 2.24) is 9.97 Å². The zero-order valence-corrected chi connectivity index (χ0v) is 16.2. The van der Waals surface area contributed by atoms with Gasteiger partial charge in [0, 0.05) is 22.3 Å². The van der Waals surface area contributed by atoms with Crippen molar-refractivity contribution >= 4 is 44.0 Å². The highest BCUT2D eigenvalue weighted by molar-refractivity contribution is 7.92. The predicted octanol–water partition coefficient (Wildman–Crippen LogP) is 4.59. The second-order valence-corrected chi connectivity index (χ2v) is 8.27. The van der Waals surface area contributed by atoms with E-state index in [0.717, 1.165) is 0 Å². The molecule has 0 spiro atoms. The second kappa shape index (κ2) is 7.19. The first-order chi connectivity index (χ1) is 13.8. The van der Waals surface area contributed by atoms with Gasteiger partial charge >= 0.3 is 0 Å². The van der Waals surface area contributed by atoms with E-state index in [1.807, 2.05) is 0 Å². The summed E-state index contributed by atoms with van der Waals surface area (Å²) < 4.78 is 27.9. The summed E-state index contributed by atoms with van der Waals surface area (Å²) in [6.07, 6.45) is 0. The van der Waals surface area contributed by atoms with Crippen LogP contribution in [0, 0.1) is 10.1 Å². The summed E-state index contributed by atoms with van der Waals surface area (Å²) in [5, 5.41) is 11.7. The fourth-order valence-electron chi connectivity index (χ4n) is 2.84. The van der Waals surface area contributed by atoms with Gasteiger partial charge in [-0.15, -0.1) is 0 Å². The third-order valence-electron chi connectivity index (χ3n) is 4.20. The lowest BCUT2D eigenvalue weighted by Crippen LogP contribution is -2.12. The summed E-state index contributed by atoms with van der Waals surface area (Å²) in [6, 6.07) is 17.0. The van der Waals surface area contributed by atoms with Crippen molar-refractivity contribution < 1.29 is 13.3 Å². The normalized spacial score (nSPS) is 11.5. The minimum Gasteiger partial charge on any atom is -0.338 e. The van der Waals surface area contributed by atoms with Gasteiger partial charge in [-0.1, -0.05) is 29.8 Å². The fraction of sp³-hybridized carbons (Fsp3) is 0. The third kappa shape index (κ3) is 3.78. The number of fused-ring (bicyclic) bond motifs is 1. The van der Waals surface area contributed by atoms with Crippen molar-refractivity contribution in [3.05, 3.63) is 81.9 Å². The number of hydrogen-bond donors (Lipinski definition) is 2. The second-order valence-electron chi connectivity index (χ2n) is 6.16. The maximum atomic E-state index is 12.7. The topological polar surface area (TPSA) is 118 Å². The molecule has 0 saturated carbocycles. The highest BCUT2D eigenvalue weighted by atomic mass is 35.5. The number of hydrogen-bond acceptors (Lipinski definition) is 5. The Labute approximate surface area is 170 Å². The number of nitro benzene ring substituents is 1. The lowest BCUT2D eigenvalue weighted by molar-refractivity contribution is -0.383. The number of halogens is 1. The molecule has 0 radical (unpaired) electrons. The number of sulfonamides is 1. The highest BCUT2D eigenvalue weighted by Crippen LogP contribution is 2.28. The Balaban J connectivity index is 1.72.